The molecule has 4 nitrogen and oxygen atoms in total. The van der Waals surface area contributed by atoms with Crippen LogP contribution in [0.15, 0.2) is 68.9 Å². The van der Waals surface area contributed by atoms with Crippen LogP contribution in [0.5, 0.6) is 0 Å². The number of halogens is 1. The van der Waals surface area contributed by atoms with Gasteiger partial charge in [-0.25, -0.2) is 9.38 Å². The molecule has 140 valence electrons. The monoisotopic (exact) mass is 392 g/mol. The summed E-state index contributed by atoms with van der Waals surface area (Å²) in [5.74, 6) is 0.645. The minimum Gasteiger partial charge on any atom is -0.457 e. The van der Waals surface area contributed by atoms with Gasteiger partial charge in [-0.3, -0.25) is 4.79 Å². The van der Waals surface area contributed by atoms with E-state index in [0.717, 1.165) is 22.4 Å². The molecule has 0 unspecified atom stereocenters. The molecule has 3 aromatic rings. The number of furan rings is 1. The van der Waals surface area contributed by atoms with Crippen molar-refractivity contribution in [3.05, 3.63) is 82.2 Å². The van der Waals surface area contributed by atoms with E-state index in [-0.39, 0.29) is 11.7 Å². The van der Waals surface area contributed by atoms with Crippen molar-refractivity contribution in [1.82, 2.24) is 5.32 Å². The Morgan fingerprint density at radius 1 is 1.04 bits per heavy atom. The summed E-state index contributed by atoms with van der Waals surface area (Å²) in [7, 11) is 0. The van der Waals surface area contributed by atoms with Crippen molar-refractivity contribution in [3.8, 4) is 11.3 Å². The summed E-state index contributed by atoms with van der Waals surface area (Å²) in [6, 6.07) is 15.6. The van der Waals surface area contributed by atoms with Gasteiger partial charge in [-0.2, -0.15) is 0 Å². The molecule has 1 fully saturated rings. The number of amidine groups is 1. The largest absolute Gasteiger partial charge is 0.457 e. The summed E-state index contributed by atoms with van der Waals surface area (Å²) in [6.45, 7) is 3.98. The first kappa shape index (κ1) is 18.3. The number of hydrogen-bond donors (Lipinski definition) is 1. The van der Waals surface area contributed by atoms with Crippen LogP contribution in [-0.4, -0.2) is 11.1 Å². The SMILES string of the molecule is Cc1cccc(C)c1N=C1NC(=O)/C(=C\c2ccc(-c3ccc(F)cc3)o2)S1. The summed E-state index contributed by atoms with van der Waals surface area (Å²) >= 11 is 1.27. The maximum Gasteiger partial charge on any atom is 0.264 e. The number of nitrogens with one attached hydrogen (secondary N) is 1. The first-order valence-corrected chi connectivity index (χ1v) is 9.53. The van der Waals surface area contributed by atoms with Gasteiger partial charge in [0.15, 0.2) is 5.17 Å². The number of nitrogens with zero attached hydrogens (tertiary/aromatic N) is 1. The molecule has 1 aliphatic heterocycles. The van der Waals surface area contributed by atoms with Gasteiger partial charge < -0.3 is 9.73 Å². The fourth-order valence-electron chi connectivity index (χ4n) is 2.89. The highest BCUT2D eigenvalue weighted by Gasteiger charge is 2.24. The van der Waals surface area contributed by atoms with E-state index in [1.165, 1.54) is 23.9 Å². The van der Waals surface area contributed by atoms with Gasteiger partial charge in [-0.05, 0) is 73.1 Å². The third-order valence-electron chi connectivity index (χ3n) is 4.33. The smallest absolute Gasteiger partial charge is 0.264 e. The van der Waals surface area contributed by atoms with Crippen LogP contribution < -0.4 is 5.32 Å². The number of aryl methyl sites for hydroxylation is 2. The van der Waals surface area contributed by atoms with Gasteiger partial charge in [0, 0.05) is 11.6 Å². The maximum absolute atomic E-state index is 13.1. The predicted octanol–water partition coefficient (Wildman–Crippen LogP) is 5.59. The molecule has 0 radical (unpaired) electrons. The Bertz CT molecular complexity index is 1090. The average Bonchev–Trinajstić information content (AvgIpc) is 3.26. The normalized spacial score (nSPS) is 16.8. The summed E-state index contributed by atoms with van der Waals surface area (Å²) < 4.78 is 18.8. The Kier molecular flexibility index (Phi) is 4.88. The zero-order valence-electron chi connectivity index (χ0n) is 15.3. The molecule has 1 aromatic heterocycles. The Hall–Kier alpha value is -3.12. The van der Waals surface area contributed by atoms with Gasteiger partial charge in [0.2, 0.25) is 0 Å². The third-order valence-corrected chi connectivity index (χ3v) is 5.24. The van der Waals surface area contributed by atoms with E-state index in [0.29, 0.717) is 21.6 Å². The second kappa shape index (κ2) is 7.48. The molecule has 0 spiro atoms. The number of benzene rings is 2. The number of rotatable bonds is 3. The second-order valence-corrected chi connectivity index (χ2v) is 7.46. The van der Waals surface area contributed by atoms with Crippen molar-refractivity contribution >= 4 is 34.6 Å². The standard InChI is InChI=1S/C22H17FN2O2S/c1-13-4-3-5-14(2)20(13)24-22-25-21(26)19(28-22)12-17-10-11-18(27-17)15-6-8-16(23)9-7-15/h3-12H,1-2H3,(H,24,25,26)/b19-12+. The van der Waals surface area contributed by atoms with Gasteiger partial charge in [0.05, 0.1) is 10.6 Å². The minimum atomic E-state index is -0.299. The highest BCUT2D eigenvalue weighted by Crippen LogP contribution is 2.31. The Morgan fingerprint density at radius 2 is 1.75 bits per heavy atom. The maximum atomic E-state index is 13.1. The zero-order chi connectivity index (χ0) is 19.7. The van der Waals surface area contributed by atoms with Crippen LogP contribution in [0.2, 0.25) is 0 Å². The molecule has 2 aromatic carbocycles. The number of aliphatic imine (C=N–C) groups is 1. The van der Waals surface area contributed by atoms with Crippen molar-refractivity contribution in [3.63, 3.8) is 0 Å². The lowest BCUT2D eigenvalue weighted by Crippen LogP contribution is -2.19. The molecule has 0 aliphatic carbocycles. The summed E-state index contributed by atoms with van der Waals surface area (Å²) in [4.78, 5) is 17.4. The number of thioether (sulfide) groups is 1. The second-order valence-electron chi connectivity index (χ2n) is 6.43. The van der Waals surface area contributed by atoms with Gasteiger partial charge in [-0.15, -0.1) is 0 Å². The summed E-state index contributed by atoms with van der Waals surface area (Å²) in [6.07, 6.45) is 1.68. The molecule has 1 aliphatic rings. The quantitative estimate of drug-likeness (QED) is 0.591. The lowest BCUT2D eigenvalue weighted by Gasteiger charge is -2.04. The first-order valence-electron chi connectivity index (χ1n) is 8.71. The van der Waals surface area contributed by atoms with Crippen LogP contribution in [0.3, 0.4) is 0 Å². The Balaban J connectivity index is 1.57. The third kappa shape index (κ3) is 3.77. The van der Waals surface area contributed by atoms with E-state index >= 15 is 0 Å². The summed E-state index contributed by atoms with van der Waals surface area (Å²) in [5.41, 5.74) is 3.74. The van der Waals surface area contributed by atoms with Crippen LogP contribution in [0.25, 0.3) is 17.4 Å². The highest BCUT2D eigenvalue weighted by molar-refractivity contribution is 8.18. The van der Waals surface area contributed by atoms with Crippen molar-refractivity contribution < 1.29 is 13.6 Å². The molecule has 0 saturated carbocycles. The number of hydrogen-bond acceptors (Lipinski definition) is 4. The molecular formula is C22H17FN2O2S. The molecule has 1 amide bonds. The van der Waals surface area contributed by atoms with Crippen LogP contribution in [0.1, 0.15) is 16.9 Å². The predicted molar refractivity (Wildman–Crippen MR) is 111 cm³/mol. The zero-order valence-corrected chi connectivity index (χ0v) is 16.1. The van der Waals surface area contributed by atoms with Crippen molar-refractivity contribution in [1.29, 1.82) is 0 Å². The van der Waals surface area contributed by atoms with E-state index < -0.39 is 0 Å². The van der Waals surface area contributed by atoms with E-state index in [9.17, 15) is 9.18 Å². The first-order chi connectivity index (χ1) is 13.5. The van der Waals surface area contributed by atoms with Gasteiger partial charge >= 0.3 is 0 Å². The molecule has 6 heteroatoms. The van der Waals surface area contributed by atoms with Crippen LogP contribution >= 0.6 is 11.8 Å². The molecule has 0 bridgehead atoms. The van der Waals surface area contributed by atoms with Crippen LogP contribution in [-0.2, 0) is 4.79 Å². The molecular weight excluding hydrogens is 375 g/mol. The summed E-state index contributed by atoms with van der Waals surface area (Å²) in [5, 5.41) is 3.33. The van der Waals surface area contributed by atoms with Crippen LogP contribution in [0, 0.1) is 19.7 Å². The topological polar surface area (TPSA) is 54.6 Å². The fourth-order valence-corrected chi connectivity index (χ4v) is 3.70. The van der Waals surface area contributed by atoms with Gasteiger partial charge in [-0.1, -0.05) is 18.2 Å². The number of amides is 1. The van der Waals surface area contributed by atoms with Crippen LogP contribution in [0.4, 0.5) is 10.1 Å². The lowest BCUT2D eigenvalue weighted by atomic mass is 10.1. The fraction of sp³-hybridized carbons (Fsp3) is 0.0909. The molecule has 4 rings (SSSR count). The molecule has 28 heavy (non-hydrogen) atoms. The van der Waals surface area contributed by atoms with Gasteiger partial charge in [0.1, 0.15) is 17.3 Å². The van der Waals surface area contributed by atoms with E-state index in [4.69, 9.17) is 4.42 Å². The molecule has 0 atom stereocenters. The minimum absolute atomic E-state index is 0.213. The number of carbonyl (C=O) groups excluding carboxylic acids is 1. The molecule has 2 heterocycles. The number of carbonyl (C=O) groups is 1. The van der Waals surface area contributed by atoms with Crippen molar-refractivity contribution in [2.24, 2.45) is 4.99 Å². The Labute approximate surface area is 166 Å². The van der Waals surface area contributed by atoms with E-state index in [1.807, 2.05) is 32.0 Å². The van der Waals surface area contributed by atoms with E-state index in [2.05, 4.69) is 10.3 Å². The van der Waals surface area contributed by atoms with Crippen molar-refractivity contribution in [2.75, 3.05) is 0 Å². The highest BCUT2D eigenvalue weighted by atomic mass is 32.2. The number of para-hydroxylation sites is 1. The lowest BCUT2D eigenvalue weighted by molar-refractivity contribution is -0.115. The molecule has 1 saturated heterocycles. The molecule has 1 N–H and O–H groups in total. The Morgan fingerprint density at radius 3 is 2.46 bits per heavy atom. The van der Waals surface area contributed by atoms with Crippen molar-refractivity contribution in [2.45, 2.75) is 13.8 Å². The average molecular weight is 392 g/mol. The van der Waals surface area contributed by atoms with Gasteiger partial charge in [0.25, 0.3) is 5.91 Å². The van der Waals surface area contributed by atoms with E-state index in [1.54, 1.807) is 30.3 Å².